The maximum absolute atomic E-state index is 7.17. The van der Waals surface area contributed by atoms with Gasteiger partial charge in [0, 0.05) is 38.9 Å². The van der Waals surface area contributed by atoms with Crippen molar-refractivity contribution in [1.82, 2.24) is 15.4 Å². The highest BCUT2D eigenvalue weighted by Crippen LogP contribution is 2.30. The zero-order valence-corrected chi connectivity index (χ0v) is 13.1. The van der Waals surface area contributed by atoms with Gasteiger partial charge in [0.2, 0.25) is 5.96 Å². The van der Waals surface area contributed by atoms with Crippen LogP contribution in [0.3, 0.4) is 0 Å². The largest absolute Gasteiger partial charge is 0.369 e. The third-order valence-corrected chi connectivity index (χ3v) is 3.64. The van der Waals surface area contributed by atoms with E-state index in [0.717, 1.165) is 32.2 Å². The Bertz CT molecular complexity index is 853. The molecular formula is C15H13BrN6. The summed E-state index contributed by atoms with van der Waals surface area (Å²) >= 11 is 3.49. The lowest BCUT2D eigenvalue weighted by atomic mass is 10.1. The van der Waals surface area contributed by atoms with E-state index < -0.39 is 0 Å². The van der Waals surface area contributed by atoms with Crippen LogP contribution in [0.25, 0.3) is 22.2 Å². The number of nitrogens with zero attached hydrogens (tertiary/aromatic N) is 2. The first-order chi connectivity index (χ1) is 10.6. The van der Waals surface area contributed by atoms with Gasteiger partial charge in [0.25, 0.3) is 0 Å². The highest BCUT2D eigenvalue weighted by Gasteiger charge is 2.12. The first-order valence-corrected chi connectivity index (χ1v) is 7.29. The Morgan fingerprint density at radius 3 is 2.82 bits per heavy atom. The lowest BCUT2D eigenvalue weighted by Crippen LogP contribution is -2.25. The van der Waals surface area contributed by atoms with Crippen molar-refractivity contribution in [2.45, 2.75) is 0 Å². The summed E-state index contributed by atoms with van der Waals surface area (Å²) in [5.74, 6) is -0.206. The molecule has 0 aliphatic heterocycles. The molecule has 0 aliphatic carbocycles. The Kier molecular flexibility index (Phi) is 3.88. The molecule has 0 saturated heterocycles. The Morgan fingerprint density at radius 2 is 2.09 bits per heavy atom. The van der Waals surface area contributed by atoms with E-state index in [9.17, 15) is 0 Å². The van der Waals surface area contributed by atoms with E-state index in [1.54, 1.807) is 18.6 Å². The molecule has 3 rings (SSSR count). The highest BCUT2D eigenvalue weighted by atomic mass is 79.9. The minimum Gasteiger partial charge on any atom is -0.369 e. The minimum absolute atomic E-state index is 0.206. The fourth-order valence-corrected chi connectivity index (χ4v) is 2.59. The van der Waals surface area contributed by atoms with Crippen LogP contribution in [0, 0.1) is 5.41 Å². The first-order valence-electron chi connectivity index (χ1n) is 6.50. The van der Waals surface area contributed by atoms with Gasteiger partial charge in [0.15, 0.2) is 0 Å². The first kappa shape index (κ1) is 14.3. The maximum atomic E-state index is 7.17. The van der Waals surface area contributed by atoms with Crippen molar-refractivity contribution in [3.05, 3.63) is 52.8 Å². The molecule has 3 aromatic rings. The molecule has 6 nitrogen and oxygen atoms in total. The van der Waals surface area contributed by atoms with Crippen molar-refractivity contribution in [2.24, 2.45) is 10.8 Å². The predicted octanol–water partition coefficient (Wildman–Crippen LogP) is 2.81. The molecule has 5 N–H and O–H groups in total. The number of halogens is 1. The Labute approximate surface area is 135 Å². The van der Waals surface area contributed by atoms with Gasteiger partial charge in [-0.2, -0.15) is 5.10 Å². The maximum Gasteiger partial charge on any atom is 0.206 e. The molecule has 110 valence electrons. The molecule has 0 radical (unpaired) electrons. The fourth-order valence-electron chi connectivity index (χ4n) is 2.23. The van der Waals surface area contributed by atoms with Gasteiger partial charge >= 0.3 is 0 Å². The summed E-state index contributed by atoms with van der Waals surface area (Å²) in [6.45, 7) is 0. The molecule has 0 spiro atoms. The van der Waals surface area contributed by atoms with E-state index >= 15 is 0 Å². The van der Waals surface area contributed by atoms with Crippen LogP contribution in [0.2, 0.25) is 0 Å². The van der Waals surface area contributed by atoms with Crippen LogP contribution in [0.15, 0.2) is 52.3 Å². The summed E-state index contributed by atoms with van der Waals surface area (Å²) in [5.41, 5.74) is 11.5. The summed E-state index contributed by atoms with van der Waals surface area (Å²) in [7, 11) is 0. The summed E-state index contributed by atoms with van der Waals surface area (Å²) in [4.78, 5) is 7.44. The molecule has 2 aromatic heterocycles. The smallest absolute Gasteiger partial charge is 0.206 e. The number of nitrogens with one attached hydrogen (secondary N) is 3. The van der Waals surface area contributed by atoms with Crippen LogP contribution in [0.4, 0.5) is 0 Å². The molecule has 0 fully saturated rings. The third-order valence-electron chi connectivity index (χ3n) is 3.15. The molecule has 22 heavy (non-hydrogen) atoms. The van der Waals surface area contributed by atoms with Gasteiger partial charge in [0.05, 0.1) is 11.9 Å². The van der Waals surface area contributed by atoms with Gasteiger partial charge in [0.1, 0.15) is 0 Å². The Hall–Kier alpha value is -2.67. The van der Waals surface area contributed by atoms with Crippen LogP contribution >= 0.6 is 15.9 Å². The highest BCUT2D eigenvalue weighted by molar-refractivity contribution is 9.10. The second kappa shape index (κ2) is 5.98. The number of rotatable bonds is 3. The number of hydrogen-bond donors (Lipinski definition) is 4. The van der Waals surface area contributed by atoms with Crippen molar-refractivity contribution < 1.29 is 0 Å². The van der Waals surface area contributed by atoms with Crippen molar-refractivity contribution >= 4 is 39.0 Å². The topological polar surface area (TPSA) is 103 Å². The number of guanidine groups is 1. The second-order valence-corrected chi connectivity index (χ2v) is 5.54. The number of aromatic nitrogens is 2. The zero-order chi connectivity index (χ0) is 15.5. The molecule has 7 heteroatoms. The average Bonchev–Trinajstić information content (AvgIpc) is 2.86. The number of hydrogen-bond acceptors (Lipinski definition) is 3. The quantitative estimate of drug-likeness (QED) is 0.329. The van der Waals surface area contributed by atoms with Crippen LogP contribution in [0.5, 0.6) is 0 Å². The van der Waals surface area contributed by atoms with E-state index in [-0.39, 0.29) is 5.96 Å². The van der Waals surface area contributed by atoms with Gasteiger partial charge < -0.3 is 10.7 Å². The number of aromatic amines is 1. The SMILES string of the molecule is N=C(N)N/N=C/c1c(-c2ccncc2)[nH]c2ccc(Br)cc12. The van der Waals surface area contributed by atoms with E-state index in [1.807, 2.05) is 30.3 Å². The third kappa shape index (κ3) is 2.84. The van der Waals surface area contributed by atoms with E-state index in [2.05, 4.69) is 36.4 Å². The number of nitrogens with two attached hydrogens (primary N) is 1. The number of pyridine rings is 1. The second-order valence-electron chi connectivity index (χ2n) is 4.62. The van der Waals surface area contributed by atoms with Gasteiger partial charge in [-0.25, -0.2) is 5.43 Å². The van der Waals surface area contributed by atoms with Crippen LogP contribution in [-0.4, -0.2) is 22.1 Å². The van der Waals surface area contributed by atoms with Crippen LogP contribution < -0.4 is 11.2 Å². The molecule has 0 atom stereocenters. The predicted molar refractivity (Wildman–Crippen MR) is 91.9 cm³/mol. The van der Waals surface area contributed by atoms with Gasteiger partial charge in [-0.3, -0.25) is 10.4 Å². The monoisotopic (exact) mass is 356 g/mol. The summed E-state index contributed by atoms with van der Waals surface area (Å²) < 4.78 is 0.981. The summed E-state index contributed by atoms with van der Waals surface area (Å²) in [6, 6.07) is 9.85. The number of benzene rings is 1. The van der Waals surface area contributed by atoms with E-state index in [1.165, 1.54) is 0 Å². The zero-order valence-electron chi connectivity index (χ0n) is 11.5. The Morgan fingerprint density at radius 1 is 1.32 bits per heavy atom. The molecule has 0 saturated carbocycles. The lowest BCUT2D eigenvalue weighted by Gasteiger charge is -2.00. The number of hydrazone groups is 1. The average molecular weight is 357 g/mol. The number of H-pyrrole nitrogens is 1. The van der Waals surface area contributed by atoms with Gasteiger partial charge in [-0.1, -0.05) is 15.9 Å². The molecule has 0 unspecified atom stereocenters. The van der Waals surface area contributed by atoms with Crippen molar-refractivity contribution in [1.29, 1.82) is 5.41 Å². The number of fused-ring (bicyclic) bond motifs is 1. The normalized spacial score (nSPS) is 11.1. The fraction of sp³-hybridized carbons (Fsp3) is 0. The summed E-state index contributed by atoms with van der Waals surface area (Å²) in [5, 5.41) is 12.2. The molecule has 0 bridgehead atoms. The molecule has 0 aliphatic rings. The van der Waals surface area contributed by atoms with E-state index in [4.69, 9.17) is 11.1 Å². The summed E-state index contributed by atoms with van der Waals surface area (Å²) in [6.07, 6.45) is 5.14. The van der Waals surface area contributed by atoms with Crippen molar-refractivity contribution in [2.75, 3.05) is 0 Å². The van der Waals surface area contributed by atoms with Crippen LogP contribution in [-0.2, 0) is 0 Å². The lowest BCUT2D eigenvalue weighted by molar-refractivity contribution is 1.00. The van der Waals surface area contributed by atoms with Crippen molar-refractivity contribution in [3.63, 3.8) is 0 Å². The molecule has 0 amide bonds. The standard InChI is InChI=1S/C15H13BrN6/c16-10-1-2-13-11(7-10)12(8-20-22-15(17)18)14(21-13)9-3-5-19-6-4-9/h1-8,21H,(H4,17,18,22)/b20-8+. The Balaban J connectivity index is 2.18. The van der Waals surface area contributed by atoms with Crippen molar-refractivity contribution in [3.8, 4) is 11.3 Å². The van der Waals surface area contributed by atoms with E-state index in [0.29, 0.717) is 0 Å². The van der Waals surface area contributed by atoms with Gasteiger partial charge in [-0.15, -0.1) is 0 Å². The van der Waals surface area contributed by atoms with Crippen LogP contribution in [0.1, 0.15) is 5.56 Å². The molecule has 1 aromatic carbocycles. The molecular weight excluding hydrogens is 344 g/mol. The van der Waals surface area contributed by atoms with Gasteiger partial charge in [-0.05, 0) is 30.3 Å². The minimum atomic E-state index is -0.206. The molecule has 2 heterocycles.